The van der Waals surface area contributed by atoms with E-state index in [9.17, 15) is 9.90 Å². The first-order valence-corrected chi connectivity index (χ1v) is 7.37. The molecule has 1 heterocycles. The summed E-state index contributed by atoms with van der Waals surface area (Å²) in [7, 11) is 1.96. The van der Waals surface area contributed by atoms with Gasteiger partial charge in [-0.15, -0.1) is 0 Å². The van der Waals surface area contributed by atoms with Gasteiger partial charge in [0.1, 0.15) is 5.78 Å². The number of Topliss-reactive ketones (excluding diaryl/α,β-unsaturated/α-hetero) is 1. The molecule has 2 aromatic rings. The van der Waals surface area contributed by atoms with Crippen molar-refractivity contribution >= 4 is 5.78 Å². The van der Waals surface area contributed by atoms with Crippen LogP contribution in [0, 0.1) is 11.8 Å². The first kappa shape index (κ1) is 14.0. The maximum absolute atomic E-state index is 12.2. The van der Waals surface area contributed by atoms with Crippen LogP contribution in [0.1, 0.15) is 30.2 Å². The summed E-state index contributed by atoms with van der Waals surface area (Å²) in [4.78, 5) is 16.4. The molecule has 0 aliphatic heterocycles. The number of ketones is 1. The van der Waals surface area contributed by atoms with Gasteiger partial charge < -0.3 is 9.67 Å². The molecule has 0 bridgehead atoms. The van der Waals surface area contributed by atoms with Gasteiger partial charge in [0.2, 0.25) is 0 Å². The van der Waals surface area contributed by atoms with Crippen LogP contribution in [-0.2, 0) is 18.3 Å². The van der Waals surface area contributed by atoms with Gasteiger partial charge in [-0.1, -0.05) is 30.3 Å². The Balaban J connectivity index is 1.81. The van der Waals surface area contributed by atoms with Crippen molar-refractivity contribution in [1.82, 2.24) is 9.55 Å². The number of aryl methyl sites for hydroxylation is 1. The fraction of sp³-hybridized carbons (Fsp3) is 0.412. The number of hydrogen-bond acceptors (Lipinski definition) is 3. The predicted molar refractivity (Wildman–Crippen MR) is 79.5 cm³/mol. The van der Waals surface area contributed by atoms with Crippen molar-refractivity contribution in [2.75, 3.05) is 0 Å². The second-order valence-electron chi connectivity index (χ2n) is 5.85. The molecule has 1 aromatic heterocycles. The average molecular weight is 284 g/mol. The molecule has 1 aliphatic carbocycles. The van der Waals surface area contributed by atoms with E-state index in [1.807, 2.05) is 48.1 Å². The van der Waals surface area contributed by atoms with Gasteiger partial charge in [0.05, 0.1) is 18.3 Å². The molecule has 1 N–H and O–H groups in total. The molecule has 1 aliphatic rings. The van der Waals surface area contributed by atoms with Crippen molar-refractivity contribution in [1.29, 1.82) is 0 Å². The van der Waals surface area contributed by atoms with Gasteiger partial charge in [-0.2, -0.15) is 0 Å². The van der Waals surface area contributed by atoms with Gasteiger partial charge in [0.15, 0.2) is 0 Å². The summed E-state index contributed by atoms with van der Waals surface area (Å²) in [6, 6.07) is 9.48. The average Bonchev–Trinajstić information content (AvgIpc) is 3.06. The highest BCUT2D eigenvalue weighted by Gasteiger charge is 2.40. The number of aromatic nitrogens is 2. The molecule has 4 heteroatoms. The Morgan fingerprint density at radius 1 is 1.38 bits per heavy atom. The van der Waals surface area contributed by atoms with Crippen LogP contribution >= 0.6 is 0 Å². The number of rotatable bonds is 4. The van der Waals surface area contributed by atoms with E-state index in [1.165, 1.54) is 0 Å². The summed E-state index contributed by atoms with van der Waals surface area (Å²) in [5.41, 5.74) is 1.94. The van der Waals surface area contributed by atoms with Crippen molar-refractivity contribution in [3.8, 4) is 0 Å². The maximum Gasteiger partial charge on any atom is 0.139 e. The quantitative estimate of drug-likeness (QED) is 0.937. The molecule has 1 fully saturated rings. The normalized spacial score (nSPS) is 23.4. The van der Waals surface area contributed by atoms with E-state index >= 15 is 0 Å². The highest BCUT2D eigenvalue weighted by atomic mass is 16.3. The third-order valence-corrected chi connectivity index (χ3v) is 4.51. The molecule has 21 heavy (non-hydrogen) atoms. The first-order chi connectivity index (χ1) is 10.2. The van der Waals surface area contributed by atoms with Crippen molar-refractivity contribution in [2.45, 2.75) is 25.4 Å². The zero-order valence-electron chi connectivity index (χ0n) is 12.1. The van der Waals surface area contributed by atoms with Crippen molar-refractivity contribution in [3.05, 3.63) is 54.1 Å². The molecule has 0 saturated heterocycles. The van der Waals surface area contributed by atoms with Crippen LogP contribution in [-0.4, -0.2) is 20.4 Å². The molecule has 110 valence electrons. The fourth-order valence-corrected chi connectivity index (χ4v) is 3.31. The van der Waals surface area contributed by atoms with E-state index in [0.717, 1.165) is 24.1 Å². The lowest BCUT2D eigenvalue weighted by atomic mass is 9.84. The smallest absolute Gasteiger partial charge is 0.139 e. The Labute approximate surface area is 124 Å². The molecule has 1 unspecified atom stereocenters. The van der Waals surface area contributed by atoms with E-state index in [4.69, 9.17) is 0 Å². The molecular weight excluding hydrogens is 264 g/mol. The molecule has 3 atom stereocenters. The monoisotopic (exact) mass is 284 g/mol. The van der Waals surface area contributed by atoms with Crippen LogP contribution in [0.3, 0.4) is 0 Å². The summed E-state index contributed by atoms with van der Waals surface area (Å²) < 4.78 is 1.98. The van der Waals surface area contributed by atoms with E-state index in [-0.39, 0.29) is 17.6 Å². The van der Waals surface area contributed by atoms with E-state index in [0.29, 0.717) is 6.42 Å². The zero-order chi connectivity index (χ0) is 14.8. The minimum absolute atomic E-state index is 0.179. The predicted octanol–water partition coefficient (Wildman–Crippen LogP) is 2.29. The lowest BCUT2D eigenvalue weighted by Crippen LogP contribution is -2.25. The largest absolute Gasteiger partial charge is 0.388 e. The first-order valence-electron chi connectivity index (χ1n) is 7.37. The number of aliphatic hydroxyl groups is 1. The second-order valence-corrected chi connectivity index (χ2v) is 5.85. The van der Waals surface area contributed by atoms with E-state index in [2.05, 4.69) is 4.98 Å². The number of carbonyl (C=O) groups is 1. The van der Waals surface area contributed by atoms with E-state index < -0.39 is 6.10 Å². The summed E-state index contributed by atoms with van der Waals surface area (Å²) >= 11 is 0. The van der Waals surface area contributed by atoms with Crippen molar-refractivity contribution < 1.29 is 9.90 Å². The number of imidazole rings is 1. The molecule has 0 amide bonds. The van der Waals surface area contributed by atoms with Gasteiger partial charge in [0.25, 0.3) is 0 Å². The molecule has 4 nitrogen and oxygen atoms in total. The Hall–Kier alpha value is -1.94. The number of aliphatic hydroxyl groups excluding tert-OH is 1. The minimum Gasteiger partial charge on any atom is -0.388 e. The van der Waals surface area contributed by atoms with Gasteiger partial charge in [-0.05, 0) is 24.3 Å². The third kappa shape index (κ3) is 2.76. The van der Waals surface area contributed by atoms with Crippen LogP contribution < -0.4 is 0 Å². The van der Waals surface area contributed by atoms with Gasteiger partial charge in [-0.3, -0.25) is 4.79 Å². The lowest BCUT2D eigenvalue weighted by molar-refractivity contribution is -0.124. The van der Waals surface area contributed by atoms with Crippen LogP contribution in [0.15, 0.2) is 42.9 Å². The van der Waals surface area contributed by atoms with Crippen molar-refractivity contribution in [3.63, 3.8) is 0 Å². The van der Waals surface area contributed by atoms with E-state index in [1.54, 1.807) is 6.33 Å². The Morgan fingerprint density at radius 3 is 2.81 bits per heavy atom. The highest BCUT2D eigenvalue weighted by molar-refractivity contribution is 5.84. The fourth-order valence-electron chi connectivity index (χ4n) is 3.31. The molecule has 3 rings (SSSR count). The Kier molecular flexibility index (Phi) is 3.88. The van der Waals surface area contributed by atoms with Crippen LogP contribution in [0.4, 0.5) is 0 Å². The van der Waals surface area contributed by atoms with Crippen molar-refractivity contribution in [2.24, 2.45) is 18.9 Å². The minimum atomic E-state index is -0.709. The van der Waals surface area contributed by atoms with Crippen LogP contribution in [0.25, 0.3) is 0 Å². The van der Waals surface area contributed by atoms with Gasteiger partial charge in [-0.25, -0.2) is 4.98 Å². The topological polar surface area (TPSA) is 55.1 Å². The summed E-state index contributed by atoms with van der Waals surface area (Å²) in [6.45, 7) is 0. The lowest BCUT2D eigenvalue weighted by Gasteiger charge is -2.24. The van der Waals surface area contributed by atoms with Crippen LogP contribution in [0.2, 0.25) is 0 Å². The number of carbonyl (C=O) groups excluding carboxylic acids is 1. The number of hydrogen-bond donors (Lipinski definition) is 1. The van der Waals surface area contributed by atoms with Crippen LogP contribution in [0.5, 0.6) is 0 Å². The highest BCUT2D eigenvalue weighted by Crippen LogP contribution is 2.39. The summed E-state index contributed by atoms with van der Waals surface area (Å²) in [5, 5.41) is 10.6. The molecule has 0 radical (unpaired) electrons. The SMILES string of the molecule is Cn1cncc1C[C@H]1CCC(=O)[C@H]1C(O)c1ccccc1. The molecule has 1 saturated carbocycles. The second kappa shape index (κ2) is 5.82. The maximum atomic E-state index is 12.2. The molecule has 0 spiro atoms. The van der Waals surface area contributed by atoms with Gasteiger partial charge in [0, 0.05) is 25.4 Å². The standard InChI is InChI=1S/C17H20N2O2/c1-19-11-18-10-14(19)9-13-7-8-15(20)16(13)17(21)12-5-3-2-4-6-12/h2-6,10-11,13,16-17,21H,7-9H2,1H3/t13-,16+,17?/m1/s1. The molecular formula is C17H20N2O2. The summed E-state index contributed by atoms with van der Waals surface area (Å²) in [5.74, 6) is 0.0592. The Bertz CT molecular complexity index is 621. The summed E-state index contributed by atoms with van der Waals surface area (Å²) in [6.07, 6.45) is 5.11. The zero-order valence-corrected chi connectivity index (χ0v) is 12.1. The third-order valence-electron chi connectivity index (χ3n) is 4.51. The van der Waals surface area contributed by atoms with Gasteiger partial charge >= 0.3 is 0 Å². The molecule has 1 aromatic carbocycles. The Morgan fingerprint density at radius 2 is 2.14 bits per heavy atom. The number of nitrogens with zero attached hydrogens (tertiary/aromatic N) is 2. The number of benzene rings is 1.